The van der Waals surface area contributed by atoms with Crippen LogP contribution in [0.25, 0.3) is 0 Å². The molecule has 2 nitrogen and oxygen atoms in total. The number of piperidine rings is 1. The van der Waals surface area contributed by atoms with Crippen molar-refractivity contribution in [1.82, 2.24) is 4.90 Å². The Hall–Kier alpha value is -0.0500. The van der Waals surface area contributed by atoms with Gasteiger partial charge in [-0.25, -0.2) is 0 Å². The Bertz CT molecular complexity index is 220. The second kappa shape index (κ2) is 5.33. The van der Waals surface area contributed by atoms with Crippen molar-refractivity contribution >= 4 is 21.8 Å². The van der Waals surface area contributed by atoms with Gasteiger partial charge in [0.1, 0.15) is 0 Å². The zero-order valence-electron chi connectivity index (χ0n) is 10.1. The molecule has 0 saturated carbocycles. The third kappa shape index (κ3) is 3.20. The lowest BCUT2D eigenvalue weighted by atomic mass is 9.87. The highest BCUT2D eigenvalue weighted by Gasteiger charge is 2.32. The van der Waals surface area contributed by atoms with Gasteiger partial charge in [0.2, 0.25) is 5.91 Å². The normalized spacial score (nSPS) is 19.3. The molecule has 15 heavy (non-hydrogen) atoms. The maximum Gasteiger partial charge on any atom is 0.228 e. The van der Waals surface area contributed by atoms with Crippen LogP contribution in [0.4, 0.5) is 0 Å². The molecule has 0 atom stereocenters. The molecule has 1 rings (SSSR count). The molecule has 0 aromatic carbocycles. The molecule has 0 radical (unpaired) electrons. The lowest BCUT2D eigenvalue weighted by Crippen LogP contribution is -2.45. The minimum absolute atomic E-state index is 0.179. The van der Waals surface area contributed by atoms with E-state index in [1.807, 2.05) is 18.7 Å². The van der Waals surface area contributed by atoms with Crippen LogP contribution < -0.4 is 0 Å². The number of carbonyl (C=O) groups excluding carboxylic acids is 1. The highest BCUT2D eigenvalue weighted by molar-refractivity contribution is 9.09. The number of rotatable bonds is 3. The van der Waals surface area contributed by atoms with Crippen molar-refractivity contribution in [3.05, 3.63) is 0 Å². The van der Waals surface area contributed by atoms with Crippen LogP contribution >= 0.6 is 15.9 Å². The summed E-state index contributed by atoms with van der Waals surface area (Å²) in [6.07, 6.45) is 3.22. The summed E-state index contributed by atoms with van der Waals surface area (Å²) in [6.45, 7) is 8.07. The van der Waals surface area contributed by atoms with Gasteiger partial charge in [-0.2, -0.15) is 0 Å². The first-order valence-corrected chi connectivity index (χ1v) is 6.98. The molecule has 1 fully saturated rings. The summed E-state index contributed by atoms with van der Waals surface area (Å²) in [6, 6.07) is 0. The summed E-state index contributed by atoms with van der Waals surface area (Å²) in [4.78, 5) is 14.2. The van der Waals surface area contributed by atoms with Crippen LogP contribution in [0.15, 0.2) is 0 Å². The Labute approximate surface area is 102 Å². The van der Waals surface area contributed by atoms with E-state index in [0.717, 1.165) is 43.6 Å². The number of carbonyl (C=O) groups is 1. The van der Waals surface area contributed by atoms with Crippen LogP contribution in [-0.2, 0) is 4.79 Å². The third-order valence-electron chi connectivity index (χ3n) is 3.58. The Morgan fingerprint density at radius 1 is 1.40 bits per heavy atom. The van der Waals surface area contributed by atoms with Gasteiger partial charge in [-0.15, -0.1) is 0 Å². The number of amides is 1. The summed E-state index contributed by atoms with van der Waals surface area (Å²) >= 11 is 3.52. The lowest BCUT2D eigenvalue weighted by molar-refractivity contribution is -0.141. The van der Waals surface area contributed by atoms with Crippen LogP contribution in [-0.4, -0.2) is 29.2 Å². The zero-order chi connectivity index (χ0) is 11.5. The molecule has 1 aliphatic heterocycles. The summed E-state index contributed by atoms with van der Waals surface area (Å²) < 4.78 is 0. The number of halogens is 1. The first-order chi connectivity index (χ1) is 7.01. The third-order valence-corrected chi connectivity index (χ3v) is 4.50. The molecule has 0 unspecified atom stereocenters. The highest BCUT2D eigenvalue weighted by atomic mass is 79.9. The highest BCUT2D eigenvalue weighted by Crippen LogP contribution is 2.27. The van der Waals surface area contributed by atoms with Gasteiger partial charge in [0.05, 0.1) is 0 Å². The van der Waals surface area contributed by atoms with E-state index in [0.29, 0.717) is 5.91 Å². The van der Waals surface area contributed by atoms with Gasteiger partial charge in [0.15, 0.2) is 0 Å². The van der Waals surface area contributed by atoms with Crippen molar-refractivity contribution in [2.75, 3.05) is 18.4 Å². The average molecular weight is 276 g/mol. The van der Waals surface area contributed by atoms with Crippen molar-refractivity contribution in [2.24, 2.45) is 11.3 Å². The molecule has 0 spiro atoms. The molecular formula is C12H22BrNO. The van der Waals surface area contributed by atoms with Crippen LogP contribution in [0.2, 0.25) is 0 Å². The Morgan fingerprint density at radius 3 is 2.33 bits per heavy atom. The van der Waals surface area contributed by atoms with Crippen LogP contribution in [0, 0.1) is 11.3 Å². The SMILES string of the molecule is CCC(C)(C)C(=O)N1CCC(CBr)CC1. The number of hydrogen-bond donors (Lipinski definition) is 0. The van der Waals surface area contributed by atoms with Crippen molar-refractivity contribution in [3.63, 3.8) is 0 Å². The first kappa shape index (κ1) is 13.0. The molecule has 0 aliphatic carbocycles. The molecule has 1 aliphatic rings. The predicted molar refractivity (Wildman–Crippen MR) is 67.2 cm³/mol. The number of hydrogen-bond acceptors (Lipinski definition) is 1. The van der Waals surface area contributed by atoms with Crippen molar-refractivity contribution in [1.29, 1.82) is 0 Å². The van der Waals surface area contributed by atoms with Crippen LogP contribution in [0.3, 0.4) is 0 Å². The van der Waals surface area contributed by atoms with Gasteiger partial charge in [-0.05, 0) is 25.2 Å². The molecule has 1 amide bonds. The van der Waals surface area contributed by atoms with Gasteiger partial charge in [0, 0.05) is 23.8 Å². The van der Waals surface area contributed by atoms with Gasteiger partial charge in [-0.3, -0.25) is 4.79 Å². The monoisotopic (exact) mass is 275 g/mol. The smallest absolute Gasteiger partial charge is 0.228 e. The minimum atomic E-state index is -0.179. The molecule has 1 heterocycles. The van der Waals surface area contributed by atoms with Gasteiger partial charge in [-0.1, -0.05) is 36.7 Å². The van der Waals surface area contributed by atoms with E-state index >= 15 is 0 Å². The number of likely N-dealkylation sites (tertiary alicyclic amines) is 1. The van der Waals surface area contributed by atoms with Crippen molar-refractivity contribution in [2.45, 2.75) is 40.0 Å². The van der Waals surface area contributed by atoms with Crippen LogP contribution in [0.5, 0.6) is 0 Å². The van der Waals surface area contributed by atoms with Crippen LogP contribution in [0.1, 0.15) is 40.0 Å². The maximum atomic E-state index is 12.2. The fourth-order valence-electron chi connectivity index (χ4n) is 1.87. The fourth-order valence-corrected chi connectivity index (χ4v) is 2.52. The topological polar surface area (TPSA) is 20.3 Å². The number of nitrogens with zero attached hydrogens (tertiary/aromatic N) is 1. The Morgan fingerprint density at radius 2 is 1.93 bits per heavy atom. The maximum absolute atomic E-state index is 12.2. The molecule has 0 aromatic rings. The van der Waals surface area contributed by atoms with E-state index in [-0.39, 0.29) is 5.41 Å². The van der Waals surface area contributed by atoms with E-state index in [2.05, 4.69) is 22.9 Å². The zero-order valence-corrected chi connectivity index (χ0v) is 11.6. The summed E-state index contributed by atoms with van der Waals surface area (Å²) in [5.74, 6) is 1.09. The van der Waals surface area contributed by atoms with Gasteiger partial charge in [0.25, 0.3) is 0 Å². The molecule has 0 bridgehead atoms. The summed E-state index contributed by atoms with van der Waals surface area (Å²) in [5.41, 5.74) is -0.179. The van der Waals surface area contributed by atoms with E-state index < -0.39 is 0 Å². The molecule has 88 valence electrons. The van der Waals surface area contributed by atoms with E-state index in [1.165, 1.54) is 0 Å². The van der Waals surface area contributed by atoms with Crippen molar-refractivity contribution in [3.8, 4) is 0 Å². The second-order valence-electron chi connectivity index (χ2n) is 5.13. The fraction of sp³-hybridized carbons (Fsp3) is 0.917. The van der Waals surface area contributed by atoms with Gasteiger partial charge < -0.3 is 4.90 Å². The molecule has 0 N–H and O–H groups in total. The molecular weight excluding hydrogens is 254 g/mol. The average Bonchev–Trinajstić information content (AvgIpc) is 2.28. The predicted octanol–water partition coefficient (Wildman–Crippen LogP) is 3.06. The van der Waals surface area contributed by atoms with E-state index in [9.17, 15) is 4.79 Å². The summed E-state index contributed by atoms with van der Waals surface area (Å²) in [7, 11) is 0. The Kier molecular flexibility index (Phi) is 4.63. The first-order valence-electron chi connectivity index (χ1n) is 5.86. The molecule has 3 heteroatoms. The quantitative estimate of drug-likeness (QED) is 0.725. The Balaban J connectivity index is 2.50. The second-order valence-corrected chi connectivity index (χ2v) is 5.77. The number of alkyl halides is 1. The molecule has 0 aromatic heterocycles. The molecule has 1 saturated heterocycles. The van der Waals surface area contributed by atoms with Crippen molar-refractivity contribution < 1.29 is 4.79 Å². The largest absolute Gasteiger partial charge is 0.342 e. The van der Waals surface area contributed by atoms with E-state index in [1.54, 1.807) is 0 Å². The lowest BCUT2D eigenvalue weighted by Gasteiger charge is -2.36. The standard InChI is InChI=1S/C12H22BrNO/c1-4-12(2,3)11(15)14-7-5-10(9-13)6-8-14/h10H,4-9H2,1-3H3. The minimum Gasteiger partial charge on any atom is -0.342 e. The van der Waals surface area contributed by atoms with Gasteiger partial charge >= 0.3 is 0 Å². The van der Waals surface area contributed by atoms with E-state index in [4.69, 9.17) is 0 Å². The summed E-state index contributed by atoms with van der Waals surface area (Å²) in [5, 5.41) is 1.08.